The molecular weight excluding hydrogens is 250 g/mol. The average Bonchev–Trinajstić information content (AvgIpc) is 2.76. The highest BCUT2D eigenvalue weighted by atomic mass is 32.2. The first-order chi connectivity index (χ1) is 8.71. The van der Waals surface area contributed by atoms with E-state index in [9.17, 15) is 0 Å². The summed E-state index contributed by atoms with van der Waals surface area (Å²) in [5.74, 6) is 1.49. The Morgan fingerprint density at radius 1 is 1.72 bits per heavy atom. The van der Waals surface area contributed by atoms with Gasteiger partial charge in [-0.25, -0.2) is 0 Å². The molecule has 1 aliphatic heterocycles. The number of ether oxygens (including phenoxy) is 1. The van der Waals surface area contributed by atoms with Gasteiger partial charge in [0.15, 0.2) is 5.82 Å². The molecule has 1 aromatic rings. The van der Waals surface area contributed by atoms with E-state index in [0.717, 1.165) is 5.57 Å². The van der Waals surface area contributed by atoms with Crippen LogP contribution in [0.25, 0.3) is 5.76 Å². The number of methoxy groups -OCH3 is 1. The van der Waals surface area contributed by atoms with Crippen molar-refractivity contribution in [2.75, 3.05) is 24.4 Å². The molecule has 1 aliphatic rings. The number of nitrogens with two attached hydrogens (primary N) is 1. The van der Waals surface area contributed by atoms with E-state index in [0.29, 0.717) is 23.0 Å². The highest BCUT2D eigenvalue weighted by molar-refractivity contribution is 8.01. The monoisotopic (exact) mass is 265 g/mol. The van der Waals surface area contributed by atoms with Crippen molar-refractivity contribution in [2.45, 2.75) is 6.04 Å². The van der Waals surface area contributed by atoms with Crippen molar-refractivity contribution in [3.05, 3.63) is 35.3 Å². The van der Waals surface area contributed by atoms with Gasteiger partial charge in [-0.3, -0.25) is 0 Å². The third kappa shape index (κ3) is 2.11. The first-order valence-corrected chi connectivity index (χ1v) is 6.63. The van der Waals surface area contributed by atoms with Crippen molar-refractivity contribution < 1.29 is 9.26 Å². The largest absolute Gasteiger partial charge is 0.496 e. The van der Waals surface area contributed by atoms with Gasteiger partial charge >= 0.3 is 0 Å². The second kappa shape index (κ2) is 5.22. The molecule has 0 aliphatic carbocycles. The summed E-state index contributed by atoms with van der Waals surface area (Å²) in [5, 5.41) is 8.94. The standard InChI is InChI=1S/C12H15N3O2S/c1-4-7(6-18-3)8-5-9(16-2)10-11(13)15-17-12(10)14-8/h4-6,8,14H,1H2,2-3H3,(H2,13,15)/b7-6+. The summed E-state index contributed by atoms with van der Waals surface area (Å²) >= 11 is 1.61. The molecule has 1 atom stereocenters. The van der Waals surface area contributed by atoms with Crippen LogP contribution in [0, 0.1) is 0 Å². The lowest BCUT2D eigenvalue weighted by molar-refractivity contribution is 0.366. The fraction of sp³-hybridized carbons (Fsp3) is 0.250. The van der Waals surface area contributed by atoms with E-state index in [-0.39, 0.29) is 6.04 Å². The van der Waals surface area contributed by atoms with Gasteiger partial charge in [-0.1, -0.05) is 17.8 Å². The molecule has 1 aromatic heterocycles. The quantitative estimate of drug-likeness (QED) is 0.815. The second-order valence-corrected chi connectivity index (χ2v) is 4.39. The molecule has 18 heavy (non-hydrogen) atoms. The van der Waals surface area contributed by atoms with Crippen LogP contribution in [0.15, 0.2) is 34.2 Å². The van der Waals surface area contributed by atoms with Crippen LogP contribution < -0.4 is 11.1 Å². The Morgan fingerprint density at radius 3 is 3.11 bits per heavy atom. The zero-order chi connectivity index (χ0) is 13.1. The van der Waals surface area contributed by atoms with E-state index in [4.69, 9.17) is 15.0 Å². The first-order valence-electron chi connectivity index (χ1n) is 5.34. The van der Waals surface area contributed by atoms with Gasteiger partial charge in [0.1, 0.15) is 11.3 Å². The van der Waals surface area contributed by atoms with Crippen LogP contribution in [0.5, 0.6) is 0 Å². The number of fused-ring (bicyclic) bond motifs is 1. The van der Waals surface area contributed by atoms with Crippen molar-refractivity contribution in [3.63, 3.8) is 0 Å². The van der Waals surface area contributed by atoms with Gasteiger partial charge in [-0.2, -0.15) is 0 Å². The Hall–Kier alpha value is -1.82. The molecule has 96 valence electrons. The molecule has 2 heterocycles. The number of nitrogens with zero attached hydrogens (tertiary/aromatic N) is 1. The summed E-state index contributed by atoms with van der Waals surface area (Å²) in [7, 11) is 1.59. The van der Waals surface area contributed by atoms with Crippen LogP contribution >= 0.6 is 11.8 Å². The molecule has 0 amide bonds. The number of rotatable bonds is 4. The Kier molecular flexibility index (Phi) is 3.66. The minimum atomic E-state index is -0.0650. The number of nitrogen functional groups attached to an aromatic ring is 1. The van der Waals surface area contributed by atoms with Gasteiger partial charge in [0, 0.05) is 0 Å². The lowest BCUT2D eigenvalue weighted by Gasteiger charge is -2.22. The SMILES string of the molecule is C=C/C(=C\SC)C1C=C(OC)c2c(N)noc2N1. The third-order valence-corrected chi connectivity index (χ3v) is 3.15. The molecule has 3 N–H and O–H groups in total. The molecule has 0 saturated heterocycles. The van der Waals surface area contributed by atoms with Crippen LogP contribution in [0.2, 0.25) is 0 Å². The number of anilines is 2. The van der Waals surface area contributed by atoms with E-state index in [2.05, 4.69) is 17.1 Å². The summed E-state index contributed by atoms with van der Waals surface area (Å²) in [5.41, 5.74) is 7.43. The van der Waals surface area contributed by atoms with Gasteiger partial charge in [0.05, 0.1) is 13.2 Å². The lowest BCUT2D eigenvalue weighted by atomic mass is 10.0. The Morgan fingerprint density at radius 2 is 2.50 bits per heavy atom. The zero-order valence-electron chi connectivity index (χ0n) is 10.3. The Labute approximate surface area is 110 Å². The Balaban J connectivity index is 2.41. The predicted molar refractivity (Wildman–Crippen MR) is 75.1 cm³/mol. The van der Waals surface area contributed by atoms with E-state index >= 15 is 0 Å². The molecule has 6 heteroatoms. The highest BCUT2D eigenvalue weighted by Gasteiger charge is 2.27. The summed E-state index contributed by atoms with van der Waals surface area (Å²) in [4.78, 5) is 0. The minimum Gasteiger partial charge on any atom is -0.496 e. The second-order valence-electron chi connectivity index (χ2n) is 3.69. The molecule has 0 radical (unpaired) electrons. The molecule has 0 saturated carbocycles. The fourth-order valence-corrected chi connectivity index (χ4v) is 2.31. The Bertz CT molecular complexity index is 519. The van der Waals surface area contributed by atoms with Gasteiger partial charge in [0.2, 0.25) is 5.88 Å². The highest BCUT2D eigenvalue weighted by Crippen LogP contribution is 2.36. The molecule has 0 fully saturated rings. The van der Waals surface area contributed by atoms with Crippen LogP contribution in [0.3, 0.4) is 0 Å². The van der Waals surface area contributed by atoms with Crippen LogP contribution in [-0.2, 0) is 4.74 Å². The normalized spacial score (nSPS) is 18.7. The van der Waals surface area contributed by atoms with E-state index in [1.807, 2.05) is 17.7 Å². The smallest absolute Gasteiger partial charge is 0.238 e. The predicted octanol–water partition coefficient (Wildman–Crippen LogP) is 2.47. The van der Waals surface area contributed by atoms with Crippen LogP contribution in [0.1, 0.15) is 5.56 Å². The molecule has 0 spiro atoms. The molecule has 1 unspecified atom stereocenters. The fourth-order valence-electron chi connectivity index (χ4n) is 1.79. The number of hydrogen-bond acceptors (Lipinski definition) is 6. The minimum absolute atomic E-state index is 0.0650. The third-order valence-electron chi connectivity index (χ3n) is 2.64. The summed E-state index contributed by atoms with van der Waals surface area (Å²) in [6.07, 6.45) is 5.72. The zero-order valence-corrected chi connectivity index (χ0v) is 11.1. The van der Waals surface area contributed by atoms with Crippen LogP contribution in [-0.4, -0.2) is 24.6 Å². The van der Waals surface area contributed by atoms with Crippen LogP contribution in [0.4, 0.5) is 11.7 Å². The van der Waals surface area contributed by atoms with Gasteiger partial charge in [0.25, 0.3) is 0 Å². The topological polar surface area (TPSA) is 73.3 Å². The number of aromatic nitrogens is 1. The van der Waals surface area contributed by atoms with Crippen molar-refractivity contribution in [1.29, 1.82) is 0 Å². The molecule has 2 rings (SSSR count). The number of hydrogen-bond donors (Lipinski definition) is 2. The molecule has 5 nitrogen and oxygen atoms in total. The number of thioether (sulfide) groups is 1. The van der Waals surface area contributed by atoms with E-state index < -0.39 is 0 Å². The molecule has 0 bridgehead atoms. The van der Waals surface area contributed by atoms with Gasteiger partial charge < -0.3 is 20.3 Å². The molecule has 0 aromatic carbocycles. The van der Waals surface area contributed by atoms with Crippen molar-refractivity contribution in [2.24, 2.45) is 0 Å². The summed E-state index contributed by atoms with van der Waals surface area (Å²) in [6, 6.07) is -0.0650. The average molecular weight is 265 g/mol. The van der Waals surface area contributed by atoms with Crippen molar-refractivity contribution >= 4 is 29.2 Å². The van der Waals surface area contributed by atoms with E-state index in [1.54, 1.807) is 24.9 Å². The van der Waals surface area contributed by atoms with Gasteiger partial charge in [-0.15, -0.1) is 11.8 Å². The van der Waals surface area contributed by atoms with Crippen molar-refractivity contribution in [3.8, 4) is 0 Å². The van der Waals surface area contributed by atoms with Crippen molar-refractivity contribution in [1.82, 2.24) is 5.16 Å². The maximum atomic E-state index is 5.74. The maximum Gasteiger partial charge on any atom is 0.238 e. The lowest BCUT2D eigenvalue weighted by Crippen LogP contribution is -2.23. The summed E-state index contributed by atoms with van der Waals surface area (Å²) < 4.78 is 10.5. The molecular formula is C12H15N3O2S. The number of nitrogens with one attached hydrogen (secondary N) is 1. The van der Waals surface area contributed by atoms with E-state index in [1.165, 1.54) is 0 Å². The first kappa shape index (κ1) is 12.6. The maximum absolute atomic E-state index is 5.74. The summed E-state index contributed by atoms with van der Waals surface area (Å²) in [6.45, 7) is 3.80. The van der Waals surface area contributed by atoms with Gasteiger partial charge in [-0.05, 0) is 23.3 Å².